The molecule has 0 unspecified atom stereocenters. The minimum Gasteiger partial charge on any atom is -0.351 e. The van der Waals surface area contributed by atoms with Crippen LogP contribution in [0.15, 0.2) is 48.5 Å². The summed E-state index contributed by atoms with van der Waals surface area (Å²) in [5.74, 6) is -0.128. The van der Waals surface area contributed by atoms with Crippen LogP contribution in [0.2, 0.25) is 0 Å². The van der Waals surface area contributed by atoms with E-state index in [4.69, 9.17) is 0 Å². The Morgan fingerprint density at radius 1 is 1.08 bits per heavy atom. The Labute approximate surface area is 154 Å². The van der Waals surface area contributed by atoms with E-state index in [2.05, 4.69) is 23.5 Å². The van der Waals surface area contributed by atoms with Crippen molar-refractivity contribution in [1.29, 1.82) is 0 Å². The first kappa shape index (κ1) is 16.8. The van der Waals surface area contributed by atoms with Crippen LogP contribution < -0.4 is 5.32 Å². The minimum absolute atomic E-state index is 0.00579. The molecule has 0 atom stereocenters. The van der Waals surface area contributed by atoms with Crippen molar-refractivity contribution in [2.24, 2.45) is 5.41 Å². The Kier molecular flexibility index (Phi) is 4.27. The molecule has 0 spiro atoms. The van der Waals surface area contributed by atoms with Crippen LogP contribution in [0.1, 0.15) is 35.1 Å². The molecular formula is C22H24N2O2. The molecule has 1 saturated carbocycles. The fraction of sp³-hybridized carbons (Fsp3) is 0.364. The van der Waals surface area contributed by atoms with Gasteiger partial charge in [-0.25, -0.2) is 0 Å². The summed E-state index contributed by atoms with van der Waals surface area (Å²) < 4.78 is 0. The van der Waals surface area contributed by atoms with E-state index in [1.54, 1.807) is 0 Å². The molecular weight excluding hydrogens is 324 g/mol. The Morgan fingerprint density at radius 2 is 1.85 bits per heavy atom. The number of carbonyl (C=O) groups excluding carboxylic acids is 2. The van der Waals surface area contributed by atoms with E-state index in [1.165, 1.54) is 16.7 Å². The van der Waals surface area contributed by atoms with Gasteiger partial charge < -0.3 is 10.2 Å². The SMILES string of the molecule is Cc1cccc(CNC(=O)C2(C(=O)N3CCc4ccccc4C3)CC2)c1. The van der Waals surface area contributed by atoms with Crippen molar-refractivity contribution in [3.63, 3.8) is 0 Å². The lowest BCUT2D eigenvalue weighted by atomic mass is 9.97. The zero-order valence-corrected chi connectivity index (χ0v) is 15.1. The van der Waals surface area contributed by atoms with Crippen molar-refractivity contribution in [2.75, 3.05) is 6.54 Å². The lowest BCUT2D eigenvalue weighted by Crippen LogP contribution is -2.46. The van der Waals surface area contributed by atoms with Crippen molar-refractivity contribution in [3.05, 3.63) is 70.8 Å². The maximum atomic E-state index is 13.1. The van der Waals surface area contributed by atoms with Gasteiger partial charge in [-0.15, -0.1) is 0 Å². The summed E-state index contributed by atoms with van der Waals surface area (Å²) in [6.07, 6.45) is 2.18. The number of nitrogens with zero attached hydrogens (tertiary/aromatic N) is 1. The summed E-state index contributed by atoms with van der Waals surface area (Å²) in [5, 5.41) is 2.98. The van der Waals surface area contributed by atoms with E-state index >= 15 is 0 Å². The number of hydrogen-bond acceptors (Lipinski definition) is 2. The quantitative estimate of drug-likeness (QED) is 0.864. The minimum atomic E-state index is -0.837. The second-order valence-electron chi connectivity index (χ2n) is 7.50. The van der Waals surface area contributed by atoms with Gasteiger partial charge in [0.1, 0.15) is 5.41 Å². The van der Waals surface area contributed by atoms with Crippen LogP contribution in [0.3, 0.4) is 0 Å². The zero-order chi connectivity index (χ0) is 18.1. The molecule has 0 aromatic heterocycles. The number of carbonyl (C=O) groups is 2. The van der Waals surface area contributed by atoms with Crippen LogP contribution in [0.4, 0.5) is 0 Å². The van der Waals surface area contributed by atoms with E-state index in [0.29, 0.717) is 32.5 Å². The highest BCUT2D eigenvalue weighted by atomic mass is 16.2. The molecule has 134 valence electrons. The number of rotatable bonds is 4. The molecule has 2 aromatic carbocycles. The van der Waals surface area contributed by atoms with Crippen LogP contribution in [0.5, 0.6) is 0 Å². The highest BCUT2D eigenvalue weighted by Crippen LogP contribution is 2.48. The normalized spacial score (nSPS) is 17.3. The lowest BCUT2D eigenvalue weighted by Gasteiger charge is -2.31. The van der Waals surface area contributed by atoms with Gasteiger partial charge in [-0.1, -0.05) is 54.1 Å². The van der Waals surface area contributed by atoms with Crippen LogP contribution in [-0.2, 0) is 29.1 Å². The number of benzene rings is 2. The van der Waals surface area contributed by atoms with E-state index < -0.39 is 5.41 Å². The average Bonchev–Trinajstić information content (AvgIpc) is 3.47. The molecule has 4 nitrogen and oxygen atoms in total. The van der Waals surface area contributed by atoms with Gasteiger partial charge in [0.05, 0.1) is 0 Å². The van der Waals surface area contributed by atoms with E-state index in [-0.39, 0.29) is 11.8 Å². The van der Waals surface area contributed by atoms with Crippen LogP contribution in [0.25, 0.3) is 0 Å². The van der Waals surface area contributed by atoms with Gasteiger partial charge in [0, 0.05) is 19.6 Å². The highest BCUT2D eigenvalue weighted by Gasteiger charge is 2.58. The second kappa shape index (κ2) is 6.60. The number of fused-ring (bicyclic) bond motifs is 1. The summed E-state index contributed by atoms with van der Waals surface area (Å²) >= 11 is 0. The monoisotopic (exact) mass is 348 g/mol. The molecule has 0 radical (unpaired) electrons. The van der Waals surface area contributed by atoms with E-state index in [1.807, 2.05) is 42.2 Å². The molecule has 1 fully saturated rings. The molecule has 2 aromatic rings. The first-order valence-corrected chi connectivity index (χ1v) is 9.28. The molecule has 4 rings (SSSR count). The Hall–Kier alpha value is -2.62. The maximum absolute atomic E-state index is 13.1. The standard InChI is InChI=1S/C22H24N2O2/c1-16-5-4-6-17(13-16)14-23-20(25)22(10-11-22)21(26)24-12-9-18-7-2-3-8-19(18)15-24/h2-8,13H,9-12,14-15H2,1H3,(H,23,25). The molecule has 1 aliphatic heterocycles. The van der Waals surface area contributed by atoms with Gasteiger partial charge in [0.15, 0.2) is 0 Å². The Morgan fingerprint density at radius 3 is 2.58 bits per heavy atom. The fourth-order valence-electron chi connectivity index (χ4n) is 3.81. The summed E-state index contributed by atoms with van der Waals surface area (Å²) in [6.45, 7) is 3.81. The number of nitrogens with one attached hydrogen (secondary N) is 1. The fourth-order valence-corrected chi connectivity index (χ4v) is 3.81. The molecule has 1 N–H and O–H groups in total. The van der Waals surface area contributed by atoms with Crippen molar-refractivity contribution < 1.29 is 9.59 Å². The van der Waals surface area contributed by atoms with Gasteiger partial charge in [0.25, 0.3) is 0 Å². The third-order valence-corrected chi connectivity index (χ3v) is 5.55. The molecule has 1 aliphatic carbocycles. The summed E-state index contributed by atoms with van der Waals surface area (Å²) in [6, 6.07) is 16.3. The third kappa shape index (κ3) is 3.12. The van der Waals surface area contributed by atoms with Gasteiger partial charge in [0.2, 0.25) is 11.8 Å². The molecule has 26 heavy (non-hydrogen) atoms. The first-order chi connectivity index (χ1) is 12.6. The molecule has 4 heteroatoms. The topological polar surface area (TPSA) is 49.4 Å². The number of amides is 2. The van der Waals surface area contributed by atoms with Crippen LogP contribution in [0, 0.1) is 12.3 Å². The van der Waals surface area contributed by atoms with Gasteiger partial charge in [-0.2, -0.15) is 0 Å². The first-order valence-electron chi connectivity index (χ1n) is 9.28. The van der Waals surface area contributed by atoms with Crippen LogP contribution in [-0.4, -0.2) is 23.3 Å². The highest BCUT2D eigenvalue weighted by molar-refractivity contribution is 6.07. The third-order valence-electron chi connectivity index (χ3n) is 5.55. The number of hydrogen-bond donors (Lipinski definition) is 1. The summed E-state index contributed by atoms with van der Waals surface area (Å²) in [5.41, 5.74) is 3.90. The molecule has 0 saturated heterocycles. The van der Waals surface area contributed by atoms with Gasteiger partial charge in [-0.05, 0) is 42.9 Å². The molecule has 1 heterocycles. The van der Waals surface area contributed by atoms with Gasteiger partial charge >= 0.3 is 0 Å². The second-order valence-corrected chi connectivity index (χ2v) is 7.50. The lowest BCUT2D eigenvalue weighted by molar-refractivity contribution is -0.145. The van der Waals surface area contributed by atoms with Crippen molar-refractivity contribution in [2.45, 2.75) is 39.3 Å². The smallest absolute Gasteiger partial charge is 0.238 e. The Balaban J connectivity index is 1.42. The molecule has 0 bridgehead atoms. The predicted octanol–water partition coefficient (Wildman–Crippen LogP) is 2.98. The Bertz CT molecular complexity index is 855. The summed E-state index contributed by atoms with van der Waals surface area (Å²) in [4.78, 5) is 27.7. The molecule has 2 aliphatic rings. The predicted molar refractivity (Wildman–Crippen MR) is 100 cm³/mol. The average molecular weight is 348 g/mol. The van der Waals surface area contributed by atoms with E-state index in [0.717, 1.165) is 12.0 Å². The van der Waals surface area contributed by atoms with E-state index in [9.17, 15) is 9.59 Å². The van der Waals surface area contributed by atoms with Crippen LogP contribution >= 0.6 is 0 Å². The van der Waals surface area contributed by atoms with Crippen molar-refractivity contribution in [3.8, 4) is 0 Å². The van der Waals surface area contributed by atoms with Crippen molar-refractivity contribution >= 4 is 11.8 Å². The molecule has 2 amide bonds. The van der Waals surface area contributed by atoms with Gasteiger partial charge in [-0.3, -0.25) is 9.59 Å². The largest absolute Gasteiger partial charge is 0.351 e. The zero-order valence-electron chi connectivity index (χ0n) is 15.1. The maximum Gasteiger partial charge on any atom is 0.238 e. The number of aryl methyl sites for hydroxylation is 1. The van der Waals surface area contributed by atoms with Crippen molar-refractivity contribution in [1.82, 2.24) is 10.2 Å². The summed E-state index contributed by atoms with van der Waals surface area (Å²) in [7, 11) is 0.